The highest BCUT2D eigenvalue weighted by Crippen LogP contribution is 2.32. The zero-order chi connectivity index (χ0) is 27.5. The number of nitrogens with zero attached hydrogens (tertiary/aromatic N) is 3. The minimum atomic E-state index is -0.983. The van der Waals surface area contributed by atoms with Crippen molar-refractivity contribution in [3.05, 3.63) is 118 Å². The molecule has 0 radical (unpaired) electrons. The Morgan fingerprint density at radius 2 is 1.73 bits per heavy atom. The molecule has 1 fully saturated rings. The van der Waals surface area contributed by atoms with Crippen LogP contribution in [0, 0.1) is 0 Å². The first-order valence-electron chi connectivity index (χ1n) is 13.6. The zero-order valence-corrected chi connectivity index (χ0v) is 22.0. The number of hydrogen-bond donors (Lipinski definition) is 1. The van der Waals surface area contributed by atoms with Gasteiger partial charge in [0.2, 0.25) is 0 Å². The maximum absolute atomic E-state index is 13.7. The number of hydrogen-bond acceptors (Lipinski definition) is 5. The van der Waals surface area contributed by atoms with Crippen LogP contribution in [0.5, 0.6) is 5.75 Å². The summed E-state index contributed by atoms with van der Waals surface area (Å²) in [6, 6.07) is 25.9. The van der Waals surface area contributed by atoms with Gasteiger partial charge >= 0.3 is 5.97 Å². The van der Waals surface area contributed by atoms with Gasteiger partial charge in [-0.3, -0.25) is 4.79 Å². The summed E-state index contributed by atoms with van der Waals surface area (Å²) in [5, 5.41) is 16.6. The molecule has 1 aromatic heterocycles. The van der Waals surface area contributed by atoms with E-state index in [4.69, 9.17) is 14.8 Å². The van der Waals surface area contributed by atoms with Gasteiger partial charge in [-0.15, -0.1) is 0 Å². The first-order valence-corrected chi connectivity index (χ1v) is 13.6. The van der Waals surface area contributed by atoms with Crippen LogP contribution in [0.4, 0.5) is 0 Å². The second-order valence-corrected chi connectivity index (χ2v) is 10.2. The van der Waals surface area contributed by atoms with E-state index in [0.29, 0.717) is 22.5 Å². The number of para-hydroxylation sites is 1. The molecule has 1 heterocycles. The van der Waals surface area contributed by atoms with E-state index >= 15 is 0 Å². The maximum atomic E-state index is 13.7. The van der Waals surface area contributed by atoms with Crippen molar-refractivity contribution in [1.82, 2.24) is 9.66 Å². The third-order valence-electron chi connectivity index (χ3n) is 7.55. The fourth-order valence-corrected chi connectivity index (χ4v) is 5.48. The first kappa shape index (κ1) is 25.5. The van der Waals surface area contributed by atoms with Crippen LogP contribution in [-0.2, 0) is 6.61 Å². The van der Waals surface area contributed by atoms with Crippen LogP contribution in [0.15, 0.2) is 94.8 Å². The van der Waals surface area contributed by atoms with Crippen molar-refractivity contribution in [3.63, 3.8) is 0 Å². The quantitative estimate of drug-likeness (QED) is 0.234. The normalized spacial score (nSPS) is 14.2. The molecule has 6 rings (SSSR count). The fourth-order valence-electron chi connectivity index (χ4n) is 5.48. The standard InChI is InChI=1S/C33H29N3O4/c37-32-27-15-6-7-16-29(27)35-31(24-11-2-1-3-12-24)36(32)34-20-28-26-14-5-4-10-23(26)17-18-30(28)40-21-22-9-8-13-25(19-22)33(38)39/h4-10,13-20,24H,1-3,11-12,21H2,(H,38,39). The van der Waals surface area contributed by atoms with Gasteiger partial charge in [0.25, 0.3) is 5.56 Å². The predicted octanol–water partition coefficient (Wildman–Crippen LogP) is 6.76. The molecular weight excluding hydrogens is 502 g/mol. The lowest BCUT2D eigenvalue weighted by atomic mass is 9.88. The molecule has 7 nitrogen and oxygen atoms in total. The monoisotopic (exact) mass is 531 g/mol. The van der Waals surface area contributed by atoms with Gasteiger partial charge in [0.05, 0.1) is 22.7 Å². The van der Waals surface area contributed by atoms with Crippen molar-refractivity contribution in [2.45, 2.75) is 44.6 Å². The zero-order valence-electron chi connectivity index (χ0n) is 22.0. The molecule has 4 aromatic carbocycles. The van der Waals surface area contributed by atoms with Gasteiger partial charge in [0, 0.05) is 11.5 Å². The van der Waals surface area contributed by atoms with Crippen molar-refractivity contribution in [2.75, 3.05) is 0 Å². The van der Waals surface area contributed by atoms with E-state index in [-0.39, 0.29) is 23.6 Å². The Bertz CT molecular complexity index is 1800. The average molecular weight is 532 g/mol. The van der Waals surface area contributed by atoms with Crippen molar-refractivity contribution in [2.24, 2.45) is 5.10 Å². The van der Waals surface area contributed by atoms with Crippen molar-refractivity contribution < 1.29 is 14.6 Å². The lowest BCUT2D eigenvalue weighted by molar-refractivity contribution is 0.0696. The molecule has 1 aliphatic carbocycles. The van der Waals surface area contributed by atoms with Crippen molar-refractivity contribution in [1.29, 1.82) is 0 Å². The van der Waals surface area contributed by atoms with Crippen LogP contribution in [-0.4, -0.2) is 27.0 Å². The largest absolute Gasteiger partial charge is 0.488 e. The highest BCUT2D eigenvalue weighted by molar-refractivity contribution is 6.02. The lowest BCUT2D eigenvalue weighted by Gasteiger charge is -2.22. The van der Waals surface area contributed by atoms with Crippen molar-refractivity contribution in [3.8, 4) is 5.75 Å². The molecule has 0 spiro atoms. The molecule has 0 atom stereocenters. The first-order chi connectivity index (χ1) is 19.6. The van der Waals surface area contributed by atoms with Gasteiger partial charge < -0.3 is 9.84 Å². The number of ether oxygens (including phenoxy) is 1. The second-order valence-electron chi connectivity index (χ2n) is 10.2. The van der Waals surface area contributed by atoms with Crippen LogP contribution >= 0.6 is 0 Å². The summed E-state index contributed by atoms with van der Waals surface area (Å²) in [5.74, 6) is 0.480. The minimum absolute atomic E-state index is 0.174. The van der Waals surface area contributed by atoms with Gasteiger partial charge in [0.15, 0.2) is 0 Å². The Balaban J connectivity index is 1.43. The molecular formula is C33H29N3O4. The number of rotatable bonds is 7. The number of carbonyl (C=O) groups is 1. The van der Waals surface area contributed by atoms with E-state index in [1.165, 1.54) is 11.1 Å². The van der Waals surface area contributed by atoms with Crippen LogP contribution < -0.4 is 10.3 Å². The van der Waals surface area contributed by atoms with E-state index in [2.05, 4.69) is 0 Å². The molecule has 7 heteroatoms. The summed E-state index contributed by atoms with van der Waals surface area (Å²) < 4.78 is 7.69. The molecule has 40 heavy (non-hydrogen) atoms. The third-order valence-corrected chi connectivity index (χ3v) is 7.55. The Labute approximate surface area is 231 Å². The number of carboxylic acid groups (broad SMARTS) is 1. The summed E-state index contributed by atoms with van der Waals surface area (Å²) in [7, 11) is 0. The van der Waals surface area contributed by atoms with Crippen molar-refractivity contribution >= 4 is 33.9 Å². The molecule has 200 valence electrons. The van der Waals surface area contributed by atoms with Gasteiger partial charge in [-0.1, -0.05) is 73.9 Å². The summed E-state index contributed by atoms with van der Waals surface area (Å²) in [5.41, 5.74) is 2.19. The average Bonchev–Trinajstić information content (AvgIpc) is 3.00. The lowest BCUT2D eigenvalue weighted by Crippen LogP contribution is -2.25. The smallest absolute Gasteiger partial charge is 0.335 e. The Morgan fingerprint density at radius 3 is 2.55 bits per heavy atom. The van der Waals surface area contributed by atoms with E-state index in [1.807, 2.05) is 60.7 Å². The molecule has 0 bridgehead atoms. The van der Waals surface area contributed by atoms with E-state index in [9.17, 15) is 14.7 Å². The molecule has 0 saturated heterocycles. The fraction of sp³-hybridized carbons (Fsp3) is 0.212. The van der Waals surface area contributed by atoms with Gasteiger partial charge in [0.1, 0.15) is 18.2 Å². The summed E-state index contributed by atoms with van der Waals surface area (Å²) in [4.78, 5) is 30.0. The third kappa shape index (κ3) is 5.10. The van der Waals surface area contributed by atoms with Gasteiger partial charge in [-0.05, 0) is 59.5 Å². The van der Waals surface area contributed by atoms with Gasteiger partial charge in [-0.2, -0.15) is 9.78 Å². The molecule has 0 unspecified atom stereocenters. The van der Waals surface area contributed by atoms with Crippen LogP contribution in [0.25, 0.3) is 21.7 Å². The molecule has 0 aliphatic heterocycles. The second kappa shape index (κ2) is 11.1. The van der Waals surface area contributed by atoms with E-state index in [1.54, 1.807) is 30.5 Å². The number of carboxylic acids is 1. The van der Waals surface area contributed by atoms with E-state index < -0.39 is 5.97 Å². The topological polar surface area (TPSA) is 93.8 Å². The van der Waals surface area contributed by atoms with Crippen LogP contribution in [0.1, 0.15) is 65.3 Å². The molecule has 0 amide bonds. The predicted molar refractivity (Wildman–Crippen MR) is 157 cm³/mol. The molecule has 1 saturated carbocycles. The summed E-state index contributed by atoms with van der Waals surface area (Å²) >= 11 is 0. The Kier molecular flexibility index (Phi) is 7.10. The number of fused-ring (bicyclic) bond motifs is 2. The number of aromatic carboxylic acids is 1. The SMILES string of the molecule is O=C(O)c1cccc(COc2ccc3ccccc3c2C=Nn2c(C3CCCCC3)nc3ccccc3c2=O)c1. The highest BCUT2D eigenvalue weighted by atomic mass is 16.5. The summed E-state index contributed by atoms with van der Waals surface area (Å²) in [6.45, 7) is 0.186. The van der Waals surface area contributed by atoms with Gasteiger partial charge in [-0.25, -0.2) is 9.78 Å². The number of benzene rings is 4. The summed E-state index contributed by atoms with van der Waals surface area (Å²) in [6.07, 6.45) is 7.08. The van der Waals surface area contributed by atoms with Crippen LogP contribution in [0.3, 0.4) is 0 Å². The van der Waals surface area contributed by atoms with Crippen LogP contribution in [0.2, 0.25) is 0 Å². The molecule has 5 aromatic rings. The maximum Gasteiger partial charge on any atom is 0.335 e. The molecule has 1 N–H and O–H groups in total. The molecule has 1 aliphatic rings. The highest BCUT2D eigenvalue weighted by Gasteiger charge is 2.22. The Hall–Kier alpha value is -4.78. The Morgan fingerprint density at radius 1 is 0.950 bits per heavy atom. The minimum Gasteiger partial charge on any atom is -0.488 e. The van der Waals surface area contributed by atoms with E-state index in [0.717, 1.165) is 47.6 Å². The number of aromatic nitrogens is 2.